The summed E-state index contributed by atoms with van der Waals surface area (Å²) >= 11 is 11.6. The van der Waals surface area contributed by atoms with Crippen molar-refractivity contribution < 1.29 is 8.42 Å². The highest BCUT2D eigenvalue weighted by atomic mass is 35.5. The fourth-order valence-electron chi connectivity index (χ4n) is 1.87. The van der Waals surface area contributed by atoms with Gasteiger partial charge in [-0.05, 0) is 30.3 Å². The van der Waals surface area contributed by atoms with E-state index in [4.69, 9.17) is 23.2 Å². The SMILES string of the molecule is O=S(=O)(Nc1nc2ccccc2[nH]1)c1cc(Cl)cc(Cl)c1. The predicted molar refractivity (Wildman–Crippen MR) is 83.4 cm³/mol. The monoisotopic (exact) mass is 341 g/mol. The zero-order valence-electron chi connectivity index (χ0n) is 10.5. The maximum absolute atomic E-state index is 12.3. The molecule has 0 aliphatic carbocycles. The molecule has 0 aliphatic rings. The number of sulfonamides is 1. The normalized spacial score (nSPS) is 11.7. The van der Waals surface area contributed by atoms with Crippen molar-refractivity contribution in [1.82, 2.24) is 9.97 Å². The van der Waals surface area contributed by atoms with Crippen LogP contribution in [0.1, 0.15) is 0 Å². The fourth-order valence-corrected chi connectivity index (χ4v) is 3.56. The van der Waals surface area contributed by atoms with Crippen LogP contribution in [0.5, 0.6) is 0 Å². The van der Waals surface area contributed by atoms with Gasteiger partial charge in [-0.2, -0.15) is 0 Å². The molecule has 0 fully saturated rings. The molecule has 0 unspecified atom stereocenters. The number of aromatic amines is 1. The lowest BCUT2D eigenvalue weighted by Crippen LogP contribution is -2.13. The summed E-state index contributed by atoms with van der Waals surface area (Å²) in [7, 11) is -3.82. The van der Waals surface area contributed by atoms with Crippen LogP contribution in [0.25, 0.3) is 11.0 Å². The largest absolute Gasteiger partial charge is 0.323 e. The summed E-state index contributed by atoms with van der Waals surface area (Å²) in [4.78, 5) is 7.01. The molecule has 2 N–H and O–H groups in total. The molecule has 2 aromatic carbocycles. The van der Waals surface area contributed by atoms with Crippen LogP contribution in [-0.4, -0.2) is 18.4 Å². The standard InChI is InChI=1S/C13H9Cl2N3O2S/c14-8-5-9(15)7-10(6-8)21(19,20)18-13-16-11-3-1-2-4-12(11)17-13/h1-7H,(H2,16,17,18). The second-order valence-corrected chi connectivity index (χ2v) is 6.87. The molecule has 21 heavy (non-hydrogen) atoms. The molecule has 0 radical (unpaired) electrons. The van der Waals surface area contributed by atoms with E-state index in [-0.39, 0.29) is 20.9 Å². The molecule has 0 spiro atoms. The molecular formula is C13H9Cl2N3O2S. The van der Waals surface area contributed by atoms with Gasteiger partial charge in [0.05, 0.1) is 15.9 Å². The summed E-state index contributed by atoms with van der Waals surface area (Å²) in [5, 5.41) is 0.486. The van der Waals surface area contributed by atoms with Crippen molar-refractivity contribution in [2.45, 2.75) is 4.90 Å². The van der Waals surface area contributed by atoms with E-state index in [1.54, 1.807) is 12.1 Å². The molecule has 0 atom stereocenters. The highest BCUT2D eigenvalue weighted by Gasteiger charge is 2.17. The van der Waals surface area contributed by atoms with E-state index >= 15 is 0 Å². The van der Waals surface area contributed by atoms with E-state index in [0.717, 1.165) is 5.52 Å². The van der Waals surface area contributed by atoms with E-state index in [1.807, 2.05) is 12.1 Å². The summed E-state index contributed by atoms with van der Waals surface area (Å²) in [5.41, 5.74) is 1.40. The number of nitrogens with one attached hydrogen (secondary N) is 2. The second kappa shape index (κ2) is 5.22. The minimum Gasteiger partial charge on any atom is -0.323 e. The first-order chi connectivity index (χ1) is 9.94. The maximum Gasteiger partial charge on any atom is 0.264 e. The number of para-hydroxylation sites is 2. The first-order valence-electron chi connectivity index (χ1n) is 5.88. The van der Waals surface area contributed by atoms with Crippen molar-refractivity contribution in [3.63, 3.8) is 0 Å². The first-order valence-corrected chi connectivity index (χ1v) is 8.12. The van der Waals surface area contributed by atoms with Crippen LogP contribution >= 0.6 is 23.2 Å². The molecule has 0 amide bonds. The van der Waals surface area contributed by atoms with Gasteiger partial charge in [0.1, 0.15) is 0 Å². The van der Waals surface area contributed by atoms with Gasteiger partial charge in [-0.25, -0.2) is 18.1 Å². The number of hydrogen-bond acceptors (Lipinski definition) is 3. The molecular weight excluding hydrogens is 333 g/mol. The minimum absolute atomic E-state index is 0.0274. The number of H-pyrrole nitrogens is 1. The Labute approximate surface area is 131 Å². The Kier molecular flexibility index (Phi) is 3.52. The molecule has 0 bridgehead atoms. The van der Waals surface area contributed by atoms with Gasteiger partial charge in [0.2, 0.25) is 5.95 Å². The van der Waals surface area contributed by atoms with E-state index in [0.29, 0.717) is 5.52 Å². The summed E-state index contributed by atoms with van der Waals surface area (Å²) in [5.74, 6) is 0.132. The number of nitrogens with zero attached hydrogens (tertiary/aromatic N) is 1. The van der Waals surface area contributed by atoms with Crippen LogP contribution in [0.15, 0.2) is 47.4 Å². The van der Waals surface area contributed by atoms with Crippen molar-refractivity contribution in [2.75, 3.05) is 4.72 Å². The molecule has 0 aliphatic heterocycles. The number of aromatic nitrogens is 2. The molecule has 0 saturated heterocycles. The van der Waals surface area contributed by atoms with Crippen LogP contribution in [0.3, 0.4) is 0 Å². The van der Waals surface area contributed by atoms with Crippen LogP contribution in [-0.2, 0) is 10.0 Å². The number of fused-ring (bicyclic) bond motifs is 1. The van der Waals surface area contributed by atoms with E-state index in [9.17, 15) is 8.42 Å². The third-order valence-corrected chi connectivity index (χ3v) is 4.52. The Balaban J connectivity index is 1.98. The zero-order chi connectivity index (χ0) is 15.0. The molecule has 108 valence electrons. The Hall–Kier alpha value is -1.76. The number of hydrogen-bond donors (Lipinski definition) is 2. The Morgan fingerprint density at radius 3 is 2.38 bits per heavy atom. The van der Waals surface area contributed by atoms with Crippen molar-refractivity contribution in [2.24, 2.45) is 0 Å². The molecule has 8 heteroatoms. The van der Waals surface area contributed by atoms with Crippen molar-refractivity contribution in [3.05, 3.63) is 52.5 Å². The summed E-state index contributed by atoms with van der Waals surface area (Å²) < 4.78 is 27.0. The van der Waals surface area contributed by atoms with Crippen LogP contribution in [0.4, 0.5) is 5.95 Å². The second-order valence-electron chi connectivity index (χ2n) is 4.31. The van der Waals surface area contributed by atoms with Gasteiger partial charge < -0.3 is 4.98 Å². The quantitative estimate of drug-likeness (QED) is 0.763. The van der Waals surface area contributed by atoms with Gasteiger partial charge >= 0.3 is 0 Å². The number of imidazole rings is 1. The average Bonchev–Trinajstić information content (AvgIpc) is 2.78. The lowest BCUT2D eigenvalue weighted by molar-refractivity contribution is 0.601. The van der Waals surface area contributed by atoms with Gasteiger partial charge in [-0.15, -0.1) is 0 Å². The van der Waals surface area contributed by atoms with Crippen LogP contribution in [0.2, 0.25) is 10.0 Å². The van der Waals surface area contributed by atoms with E-state index < -0.39 is 10.0 Å². The van der Waals surface area contributed by atoms with Gasteiger partial charge in [0.25, 0.3) is 10.0 Å². The molecule has 1 heterocycles. The van der Waals surface area contributed by atoms with E-state index in [1.165, 1.54) is 18.2 Å². The minimum atomic E-state index is -3.82. The highest BCUT2D eigenvalue weighted by molar-refractivity contribution is 7.92. The lowest BCUT2D eigenvalue weighted by Gasteiger charge is -2.06. The number of benzene rings is 2. The fraction of sp³-hybridized carbons (Fsp3) is 0. The lowest BCUT2D eigenvalue weighted by atomic mass is 10.3. The van der Waals surface area contributed by atoms with Gasteiger partial charge in [-0.1, -0.05) is 35.3 Å². The smallest absolute Gasteiger partial charge is 0.264 e. The Morgan fingerprint density at radius 2 is 1.71 bits per heavy atom. The predicted octanol–water partition coefficient (Wildman–Crippen LogP) is 3.67. The summed E-state index contributed by atoms with van der Waals surface area (Å²) in [6.45, 7) is 0. The highest BCUT2D eigenvalue weighted by Crippen LogP contribution is 2.24. The zero-order valence-corrected chi connectivity index (χ0v) is 12.8. The molecule has 0 saturated carbocycles. The average molecular weight is 342 g/mol. The van der Waals surface area contributed by atoms with E-state index in [2.05, 4.69) is 14.7 Å². The summed E-state index contributed by atoms with van der Waals surface area (Å²) in [6, 6.07) is 11.3. The van der Waals surface area contributed by atoms with Crippen molar-refractivity contribution >= 4 is 50.2 Å². The molecule has 3 rings (SSSR count). The topological polar surface area (TPSA) is 74.8 Å². The Morgan fingerprint density at radius 1 is 1.05 bits per heavy atom. The van der Waals surface area contributed by atoms with Crippen molar-refractivity contribution in [3.8, 4) is 0 Å². The Bertz CT molecular complexity index is 869. The number of anilines is 1. The molecule has 1 aromatic heterocycles. The van der Waals surface area contributed by atoms with Gasteiger partial charge in [-0.3, -0.25) is 0 Å². The molecule has 3 aromatic rings. The van der Waals surface area contributed by atoms with Crippen LogP contribution in [0, 0.1) is 0 Å². The van der Waals surface area contributed by atoms with Gasteiger partial charge in [0, 0.05) is 10.0 Å². The van der Waals surface area contributed by atoms with Crippen LogP contribution < -0.4 is 4.72 Å². The maximum atomic E-state index is 12.3. The third-order valence-electron chi connectivity index (χ3n) is 2.77. The summed E-state index contributed by atoms with van der Waals surface area (Å²) in [6.07, 6.45) is 0. The number of rotatable bonds is 3. The molecule has 5 nitrogen and oxygen atoms in total. The first kappa shape index (κ1) is 14.2. The van der Waals surface area contributed by atoms with Gasteiger partial charge in [0.15, 0.2) is 0 Å². The number of halogens is 2. The van der Waals surface area contributed by atoms with Crippen molar-refractivity contribution in [1.29, 1.82) is 0 Å². The third kappa shape index (κ3) is 2.97.